The number of rotatable bonds is 2. The second kappa shape index (κ2) is 7.17. The molecule has 1 aliphatic rings. The van der Waals surface area contributed by atoms with E-state index in [0.717, 1.165) is 31.5 Å². The zero-order valence-electron chi connectivity index (χ0n) is 11.0. The summed E-state index contributed by atoms with van der Waals surface area (Å²) in [5.41, 5.74) is 0.757. The Morgan fingerprint density at radius 1 is 1.35 bits per heavy atom. The zero-order valence-corrected chi connectivity index (χ0v) is 11.0. The Kier molecular flexibility index (Phi) is 5.84. The lowest BCUT2D eigenvalue weighted by Crippen LogP contribution is -2.33. The summed E-state index contributed by atoms with van der Waals surface area (Å²) in [5, 5.41) is 0. The first kappa shape index (κ1) is 13.8. The molecule has 0 aromatic carbocycles. The van der Waals surface area contributed by atoms with Gasteiger partial charge in [0.05, 0.1) is 0 Å². The van der Waals surface area contributed by atoms with Gasteiger partial charge in [-0.15, -0.1) is 0 Å². The Balaban J connectivity index is 0.000000686. The maximum atomic E-state index is 12.0. The number of pyridine rings is 1. The molecule has 0 atom stereocenters. The largest absolute Gasteiger partial charge is 0.306 e. The number of ketones is 1. The lowest BCUT2D eigenvalue weighted by Gasteiger charge is -2.27. The number of piperidine rings is 1. The highest BCUT2D eigenvalue weighted by molar-refractivity contribution is 5.97. The normalized spacial score (nSPS) is 17.1. The van der Waals surface area contributed by atoms with Crippen molar-refractivity contribution >= 4 is 5.78 Å². The maximum absolute atomic E-state index is 12.0. The molecule has 0 aliphatic carbocycles. The number of nitrogens with zero attached hydrogens (tertiary/aromatic N) is 2. The van der Waals surface area contributed by atoms with Crippen LogP contribution in [0.15, 0.2) is 24.5 Å². The number of carbonyl (C=O) groups is 1. The zero-order chi connectivity index (χ0) is 12.7. The number of hydrogen-bond donors (Lipinski definition) is 0. The van der Waals surface area contributed by atoms with Gasteiger partial charge in [0.15, 0.2) is 5.78 Å². The second-order valence-corrected chi connectivity index (χ2v) is 4.18. The van der Waals surface area contributed by atoms with Gasteiger partial charge in [0, 0.05) is 23.9 Å². The first-order valence-electron chi connectivity index (χ1n) is 6.40. The minimum absolute atomic E-state index is 0.199. The summed E-state index contributed by atoms with van der Waals surface area (Å²) in [6, 6.07) is 3.68. The Bertz CT molecular complexity index is 329. The van der Waals surface area contributed by atoms with Crippen molar-refractivity contribution in [1.82, 2.24) is 9.88 Å². The Hall–Kier alpha value is -1.22. The number of aromatic nitrogens is 1. The van der Waals surface area contributed by atoms with E-state index in [1.54, 1.807) is 12.4 Å². The van der Waals surface area contributed by atoms with Crippen molar-refractivity contribution in [1.29, 1.82) is 0 Å². The Morgan fingerprint density at radius 2 is 2.00 bits per heavy atom. The predicted octanol–water partition coefficient (Wildman–Crippen LogP) is 2.63. The fraction of sp³-hybridized carbons (Fsp3) is 0.571. The molecule has 94 valence electrons. The third-order valence-electron chi connectivity index (χ3n) is 3.04. The molecule has 2 rings (SSSR count). The fourth-order valence-electron chi connectivity index (χ4n) is 2.01. The van der Waals surface area contributed by atoms with Gasteiger partial charge in [-0.25, -0.2) is 0 Å². The summed E-state index contributed by atoms with van der Waals surface area (Å²) < 4.78 is 0. The highest BCUT2D eigenvalue weighted by Gasteiger charge is 2.24. The average Bonchev–Trinajstić information content (AvgIpc) is 2.42. The third kappa shape index (κ3) is 3.93. The molecule has 1 aliphatic heterocycles. The number of Topliss-reactive ketones (excluding diaryl/α,β-unsaturated/α-hetero) is 1. The van der Waals surface area contributed by atoms with Crippen molar-refractivity contribution in [3.63, 3.8) is 0 Å². The number of likely N-dealkylation sites (tertiary alicyclic amines) is 1. The monoisotopic (exact) mass is 234 g/mol. The van der Waals surface area contributed by atoms with Crippen molar-refractivity contribution in [2.24, 2.45) is 5.92 Å². The van der Waals surface area contributed by atoms with Crippen LogP contribution in [0.5, 0.6) is 0 Å². The van der Waals surface area contributed by atoms with Crippen molar-refractivity contribution < 1.29 is 4.79 Å². The minimum atomic E-state index is 0.199. The van der Waals surface area contributed by atoms with Crippen LogP contribution in [0.4, 0.5) is 0 Å². The van der Waals surface area contributed by atoms with Gasteiger partial charge in [0.2, 0.25) is 0 Å². The van der Waals surface area contributed by atoms with Crippen molar-refractivity contribution in [3.05, 3.63) is 30.1 Å². The first-order valence-corrected chi connectivity index (χ1v) is 6.40. The van der Waals surface area contributed by atoms with E-state index < -0.39 is 0 Å². The van der Waals surface area contributed by atoms with Crippen LogP contribution in [-0.4, -0.2) is 35.8 Å². The Labute approximate surface area is 104 Å². The van der Waals surface area contributed by atoms with Crippen LogP contribution in [0.25, 0.3) is 0 Å². The van der Waals surface area contributed by atoms with Gasteiger partial charge < -0.3 is 4.90 Å². The van der Waals surface area contributed by atoms with Gasteiger partial charge in [0.25, 0.3) is 0 Å². The molecule has 17 heavy (non-hydrogen) atoms. The quantitative estimate of drug-likeness (QED) is 0.738. The summed E-state index contributed by atoms with van der Waals surface area (Å²) in [6.45, 7) is 6.05. The van der Waals surface area contributed by atoms with E-state index in [1.165, 1.54) is 0 Å². The van der Waals surface area contributed by atoms with Crippen molar-refractivity contribution in [2.75, 3.05) is 20.1 Å². The van der Waals surface area contributed by atoms with Crippen LogP contribution < -0.4 is 0 Å². The van der Waals surface area contributed by atoms with Gasteiger partial charge in [-0.05, 0) is 45.1 Å². The summed E-state index contributed by atoms with van der Waals surface area (Å²) in [6.07, 6.45) is 5.32. The van der Waals surface area contributed by atoms with E-state index in [4.69, 9.17) is 0 Å². The summed E-state index contributed by atoms with van der Waals surface area (Å²) >= 11 is 0. The van der Waals surface area contributed by atoms with Crippen LogP contribution in [0.2, 0.25) is 0 Å². The average molecular weight is 234 g/mol. The molecular formula is C14H22N2O. The molecule has 0 N–H and O–H groups in total. The van der Waals surface area contributed by atoms with Crippen LogP contribution >= 0.6 is 0 Å². The van der Waals surface area contributed by atoms with Gasteiger partial charge in [-0.1, -0.05) is 13.8 Å². The van der Waals surface area contributed by atoms with Gasteiger partial charge >= 0.3 is 0 Å². The highest BCUT2D eigenvalue weighted by atomic mass is 16.1. The molecule has 3 heteroatoms. The van der Waals surface area contributed by atoms with Crippen LogP contribution in [-0.2, 0) is 0 Å². The predicted molar refractivity (Wildman–Crippen MR) is 70.1 cm³/mol. The molecule has 0 unspecified atom stereocenters. The minimum Gasteiger partial charge on any atom is -0.306 e. The first-order chi connectivity index (χ1) is 8.27. The lowest BCUT2D eigenvalue weighted by molar-refractivity contribution is 0.0856. The van der Waals surface area contributed by atoms with E-state index >= 15 is 0 Å². The molecule has 0 saturated carbocycles. The molecule has 0 amide bonds. The third-order valence-corrected chi connectivity index (χ3v) is 3.04. The van der Waals surface area contributed by atoms with E-state index in [1.807, 2.05) is 26.0 Å². The van der Waals surface area contributed by atoms with Crippen LogP contribution in [0.1, 0.15) is 37.0 Å². The van der Waals surface area contributed by atoms with Crippen molar-refractivity contribution in [3.8, 4) is 0 Å². The number of carbonyl (C=O) groups excluding carboxylic acids is 1. The van der Waals surface area contributed by atoms with Gasteiger partial charge in [0.1, 0.15) is 0 Å². The second-order valence-electron chi connectivity index (χ2n) is 4.18. The topological polar surface area (TPSA) is 33.2 Å². The van der Waals surface area contributed by atoms with E-state index in [-0.39, 0.29) is 11.7 Å². The molecule has 0 bridgehead atoms. The standard InChI is InChI=1S/C12H16N2O.C2H6/c1-14-7-4-10(5-8-14)12(15)11-3-2-6-13-9-11;1-2/h2-3,6,9-10H,4-5,7-8H2,1H3;1-2H3. The van der Waals surface area contributed by atoms with Gasteiger partial charge in [-0.2, -0.15) is 0 Å². The van der Waals surface area contributed by atoms with E-state index in [9.17, 15) is 4.79 Å². The molecule has 0 spiro atoms. The lowest BCUT2D eigenvalue weighted by atomic mass is 9.90. The van der Waals surface area contributed by atoms with Crippen molar-refractivity contribution in [2.45, 2.75) is 26.7 Å². The molecule has 1 fully saturated rings. The molecule has 3 nitrogen and oxygen atoms in total. The van der Waals surface area contributed by atoms with E-state index in [0.29, 0.717) is 0 Å². The maximum Gasteiger partial charge on any atom is 0.167 e. The molecule has 1 aromatic rings. The smallest absolute Gasteiger partial charge is 0.167 e. The summed E-state index contributed by atoms with van der Waals surface area (Å²) in [5.74, 6) is 0.460. The van der Waals surface area contributed by atoms with Crippen LogP contribution in [0, 0.1) is 5.92 Å². The molecule has 1 saturated heterocycles. The molecule has 1 aromatic heterocycles. The summed E-state index contributed by atoms with van der Waals surface area (Å²) in [4.78, 5) is 18.3. The Morgan fingerprint density at radius 3 is 2.53 bits per heavy atom. The molecule has 2 heterocycles. The van der Waals surface area contributed by atoms with Gasteiger partial charge in [-0.3, -0.25) is 9.78 Å². The highest BCUT2D eigenvalue weighted by Crippen LogP contribution is 2.20. The number of hydrogen-bond acceptors (Lipinski definition) is 3. The molecular weight excluding hydrogens is 212 g/mol. The van der Waals surface area contributed by atoms with E-state index in [2.05, 4.69) is 16.9 Å². The SMILES string of the molecule is CC.CN1CCC(C(=O)c2cccnc2)CC1. The fourth-order valence-corrected chi connectivity index (χ4v) is 2.01. The summed E-state index contributed by atoms with van der Waals surface area (Å²) in [7, 11) is 2.10. The molecule has 0 radical (unpaired) electrons. The van der Waals surface area contributed by atoms with Crippen LogP contribution in [0.3, 0.4) is 0 Å².